The summed E-state index contributed by atoms with van der Waals surface area (Å²) in [5.41, 5.74) is -0.826. The van der Waals surface area contributed by atoms with Gasteiger partial charge in [0.25, 0.3) is 5.91 Å². The quantitative estimate of drug-likeness (QED) is 0.333. The Labute approximate surface area is 212 Å². The topological polar surface area (TPSA) is 53.7 Å². The fourth-order valence-electron chi connectivity index (χ4n) is 4.23. The normalized spacial score (nSPS) is 14.9. The summed E-state index contributed by atoms with van der Waals surface area (Å²) in [6.45, 7) is 1.67. The zero-order valence-electron chi connectivity index (χ0n) is 19.1. The fourth-order valence-corrected chi connectivity index (χ4v) is 4.45. The van der Waals surface area contributed by atoms with Gasteiger partial charge in [0.05, 0.1) is 5.69 Å². The third kappa shape index (κ3) is 5.14. The lowest BCUT2D eigenvalue weighted by Crippen LogP contribution is -2.48. The van der Waals surface area contributed by atoms with Crippen LogP contribution in [0.5, 0.6) is 0 Å². The highest BCUT2D eigenvalue weighted by Crippen LogP contribution is 2.32. The molecule has 192 valence electrons. The van der Waals surface area contributed by atoms with E-state index in [4.69, 9.17) is 11.6 Å². The predicted molar refractivity (Wildman–Crippen MR) is 126 cm³/mol. The molecule has 1 aliphatic rings. The molecule has 0 spiro atoms. The molecule has 2 aromatic carbocycles. The minimum atomic E-state index is -4.78. The molecule has 5 rings (SSSR count). The molecule has 0 aliphatic carbocycles. The molecule has 6 nitrogen and oxygen atoms in total. The van der Waals surface area contributed by atoms with E-state index in [0.29, 0.717) is 28.2 Å². The van der Waals surface area contributed by atoms with Crippen molar-refractivity contribution in [1.82, 2.24) is 24.4 Å². The first-order valence-electron chi connectivity index (χ1n) is 11.3. The number of alkyl halides is 3. The minimum absolute atomic E-state index is 0.0286. The number of aromatic nitrogens is 3. The number of halogens is 6. The van der Waals surface area contributed by atoms with Crippen LogP contribution in [0, 0.1) is 11.6 Å². The average molecular weight is 536 g/mol. The third-order valence-corrected chi connectivity index (χ3v) is 6.53. The molecule has 1 amide bonds. The van der Waals surface area contributed by atoms with Gasteiger partial charge >= 0.3 is 6.18 Å². The highest BCUT2D eigenvalue weighted by Gasteiger charge is 2.36. The zero-order valence-corrected chi connectivity index (χ0v) is 19.9. The smallest absolute Gasteiger partial charge is 0.335 e. The molecular formula is C25H19ClF5N5O. The second kappa shape index (κ2) is 9.71. The largest absolute Gasteiger partial charge is 0.433 e. The number of benzene rings is 2. The first-order chi connectivity index (χ1) is 17.6. The first kappa shape index (κ1) is 25.1. The number of fused-ring (bicyclic) bond motifs is 1. The van der Waals surface area contributed by atoms with Crippen molar-refractivity contribution in [3.8, 4) is 11.3 Å². The summed E-state index contributed by atoms with van der Waals surface area (Å²) >= 11 is 6.10. The predicted octanol–water partition coefficient (Wildman–Crippen LogP) is 5.30. The van der Waals surface area contributed by atoms with Gasteiger partial charge in [-0.25, -0.2) is 18.3 Å². The standard InChI is InChI=1S/C25H19ClF5N5O/c26-18-2-1-3-19(28)17(18)14-34-8-10-35(11-9-34)24(37)21-13-23-32-20(15-4-6-16(27)7-5-15)12-22(25(29,30)31)36(23)33-21/h1-7,12-13H,8-11,14H2. The molecule has 2 aromatic heterocycles. The Balaban J connectivity index is 1.37. The van der Waals surface area contributed by atoms with Gasteiger partial charge in [-0.2, -0.15) is 18.3 Å². The van der Waals surface area contributed by atoms with Crippen molar-refractivity contribution in [2.75, 3.05) is 26.2 Å². The van der Waals surface area contributed by atoms with Crippen LogP contribution in [0.25, 0.3) is 16.9 Å². The van der Waals surface area contributed by atoms with Gasteiger partial charge in [-0.1, -0.05) is 17.7 Å². The van der Waals surface area contributed by atoms with Gasteiger partial charge in [0, 0.05) is 54.9 Å². The van der Waals surface area contributed by atoms with Gasteiger partial charge in [0.1, 0.15) is 11.6 Å². The Kier molecular flexibility index (Phi) is 6.59. The van der Waals surface area contributed by atoms with Crippen LogP contribution in [0.1, 0.15) is 21.7 Å². The summed E-state index contributed by atoms with van der Waals surface area (Å²) in [4.78, 5) is 20.7. The minimum Gasteiger partial charge on any atom is -0.335 e. The second-order valence-electron chi connectivity index (χ2n) is 8.60. The summed E-state index contributed by atoms with van der Waals surface area (Å²) in [6.07, 6.45) is -4.78. The van der Waals surface area contributed by atoms with Crippen LogP contribution in [0.15, 0.2) is 54.6 Å². The number of carbonyl (C=O) groups is 1. The van der Waals surface area contributed by atoms with Crippen molar-refractivity contribution < 1.29 is 26.7 Å². The molecule has 0 N–H and O–H groups in total. The zero-order chi connectivity index (χ0) is 26.3. The summed E-state index contributed by atoms with van der Waals surface area (Å²) < 4.78 is 69.5. The Morgan fingerprint density at radius 1 is 0.973 bits per heavy atom. The van der Waals surface area contributed by atoms with Crippen molar-refractivity contribution in [2.45, 2.75) is 12.7 Å². The van der Waals surface area contributed by atoms with Gasteiger partial charge < -0.3 is 4.90 Å². The fraction of sp³-hybridized carbons (Fsp3) is 0.240. The van der Waals surface area contributed by atoms with Crippen LogP contribution in [0.4, 0.5) is 22.0 Å². The van der Waals surface area contributed by atoms with Gasteiger partial charge in [-0.15, -0.1) is 0 Å². The van der Waals surface area contributed by atoms with E-state index in [0.717, 1.165) is 18.2 Å². The lowest BCUT2D eigenvalue weighted by molar-refractivity contribution is -0.142. The van der Waals surface area contributed by atoms with Crippen LogP contribution in [-0.4, -0.2) is 56.5 Å². The average Bonchev–Trinajstić information content (AvgIpc) is 3.30. The van der Waals surface area contributed by atoms with Crippen LogP contribution < -0.4 is 0 Å². The van der Waals surface area contributed by atoms with E-state index < -0.39 is 29.4 Å². The SMILES string of the molecule is O=C(c1cc2nc(-c3ccc(F)cc3)cc(C(F)(F)F)n2n1)N1CCN(Cc2c(F)cccc2Cl)CC1. The number of carbonyl (C=O) groups excluding carboxylic acids is 1. The monoisotopic (exact) mass is 535 g/mol. The number of rotatable bonds is 4. The van der Waals surface area contributed by atoms with E-state index in [1.54, 1.807) is 6.07 Å². The van der Waals surface area contributed by atoms with Gasteiger partial charge in [-0.05, 0) is 42.5 Å². The number of nitrogens with zero attached hydrogens (tertiary/aromatic N) is 5. The van der Waals surface area contributed by atoms with E-state index in [1.807, 2.05) is 4.90 Å². The van der Waals surface area contributed by atoms with Crippen LogP contribution in [0.3, 0.4) is 0 Å². The number of hydrogen-bond acceptors (Lipinski definition) is 4. The molecule has 0 bridgehead atoms. The summed E-state index contributed by atoms with van der Waals surface area (Å²) in [7, 11) is 0. The lowest BCUT2D eigenvalue weighted by Gasteiger charge is -2.34. The Hall–Kier alpha value is -3.57. The summed E-state index contributed by atoms with van der Waals surface area (Å²) in [5, 5.41) is 4.23. The van der Waals surface area contributed by atoms with Crippen LogP contribution in [-0.2, 0) is 12.7 Å². The second-order valence-corrected chi connectivity index (χ2v) is 9.01. The molecule has 0 radical (unpaired) electrons. The molecular weight excluding hydrogens is 517 g/mol. The third-order valence-electron chi connectivity index (χ3n) is 6.18. The van der Waals surface area contributed by atoms with E-state index in [9.17, 15) is 26.7 Å². The van der Waals surface area contributed by atoms with Crippen molar-refractivity contribution in [3.05, 3.63) is 88.2 Å². The summed E-state index contributed by atoms with van der Waals surface area (Å²) in [6, 6.07) is 11.4. The van der Waals surface area contributed by atoms with Gasteiger partial charge in [-0.3, -0.25) is 9.69 Å². The van der Waals surface area contributed by atoms with Crippen LogP contribution in [0.2, 0.25) is 5.02 Å². The van der Waals surface area contributed by atoms with Crippen molar-refractivity contribution in [1.29, 1.82) is 0 Å². The summed E-state index contributed by atoms with van der Waals surface area (Å²) in [5.74, 6) is -1.48. The van der Waals surface area contributed by atoms with Crippen LogP contribution >= 0.6 is 11.6 Å². The molecule has 1 aliphatic heterocycles. The maximum absolute atomic E-state index is 14.1. The van der Waals surface area contributed by atoms with Crippen molar-refractivity contribution in [3.63, 3.8) is 0 Å². The Bertz CT molecular complexity index is 1440. The number of hydrogen-bond donors (Lipinski definition) is 0. The molecule has 1 saturated heterocycles. The Morgan fingerprint density at radius 2 is 1.68 bits per heavy atom. The molecule has 3 heterocycles. The van der Waals surface area contributed by atoms with Gasteiger partial charge in [0.2, 0.25) is 0 Å². The molecule has 12 heteroatoms. The number of piperazine rings is 1. The highest BCUT2D eigenvalue weighted by atomic mass is 35.5. The van der Waals surface area contributed by atoms with E-state index in [1.165, 1.54) is 35.2 Å². The first-order valence-corrected chi connectivity index (χ1v) is 11.7. The Morgan fingerprint density at radius 3 is 2.32 bits per heavy atom. The van der Waals surface area contributed by atoms with E-state index in [2.05, 4.69) is 10.1 Å². The lowest BCUT2D eigenvalue weighted by atomic mass is 10.1. The molecule has 0 unspecified atom stereocenters. The van der Waals surface area contributed by atoms with Crippen molar-refractivity contribution >= 4 is 23.2 Å². The molecule has 4 aromatic rings. The maximum atomic E-state index is 14.1. The number of amides is 1. The molecule has 1 fully saturated rings. The van der Waals surface area contributed by atoms with Crippen molar-refractivity contribution in [2.24, 2.45) is 0 Å². The molecule has 0 saturated carbocycles. The highest BCUT2D eigenvalue weighted by molar-refractivity contribution is 6.31. The van der Waals surface area contributed by atoms with E-state index >= 15 is 0 Å². The van der Waals surface area contributed by atoms with E-state index in [-0.39, 0.29) is 42.2 Å². The van der Waals surface area contributed by atoms with Gasteiger partial charge in [0.15, 0.2) is 17.0 Å². The maximum Gasteiger partial charge on any atom is 0.433 e. The molecule has 37 heavy (non-hydrogen) atoms. The molecule has 0 atom stereocenters.